The van der Waals surface area contributed by atoms with Crippen molar-refractivity contribution < 1.29 is 23.8 Å². The molecule has 0 aromatic heterocycles. The second-order valence-corrected chi connectivity index (χ2v) is 5.08. The first-order valence-corrected chi connectivity index (χ1v) is 6.68. The first-order valence-electron chi connectivity index (χ1n) is 6.68. The first-order chi connectivity index (χ1) is 9.83. The number of carboxylic acid groups (broad SMARTS) is 1. The van der Waals surface area contributed by atoms with Gasteiger partial charge in [-0.3, -0.25) is 9.59 Å². The Labute approximate surface area is 123 Å². The minimum atomic E-state index is -0.935. The maximum absolute atomic E-state index is 13.3. The summed E-state index contributed by atoms with van der Waals surface area (Å²) in [6, 6.07) is 3.66. The number of rotatable bonds is 7. The molecular weight excluding hydrogens is 277 g/mol. The van der Waals surface area contributed by atoms with Gasteiger partial charge in [0.25, 0.3) is 0 Å². The lowest BCUT2D eigenvalue weighted by Gasteiger charge is -2.18. The topological polar surface area (TPSA) is 75.6 Å². The smallest absolute Gasteiger partial charge is 0.303 e. The molecule has 0 aliphatic rings. The fraction of sp³-hybridized carbons (Fsp3) is 0.467. The normalized spacial score (nSPS) is 13.3. The van der Waals surface area contributed by atoms with Crippen LogP contribution in [0.25, 0.3) is 0 Å². The molecule has 1 amide bonds. The number of carbonyl (C=O) groups excluding carboxylic acids is 1. The number of amides is 1. The number of ether oxygens (including phenoxy) is 1. The van der Waals surface area contributed by atoms with Gasteiger partial charge in [0.05, 0.1) is 13.2 Å². The van der Waals surface area contributed by atoms with E-state index in [-0.39, 0.29) is 24.7 Å². The predicted molar refractivity (Wildman–Crippen MR) is 75.5 cm³/mol. The van der Waals surface area contributed by atoms with Crippen LogP contribution in [0.4, 0.5) is 4.39 Å². The molecule has 116 valence electrons. The van der Waals surface area contributed by atoms with Crippen molar-refractivity contribution in [1.29, 1.82) is 0 Å². The van der Waals surface area contributed by atoms with E-state index in [0.717, 1.165) is 0 Å². The molecular formula is C15H20FNO4. The summed E-state index contributed by atoms with van der Waals surface area (Å²) < 4.78 is 18.4. The number of benzene rings is 1. The van der Waals surface area contributed by atoms with Gasteiger partial charge in [0, 0.05) is 18.4 Å². The van der Waals surface area contributed by atoms with Crippen molar-refractivity contribution in [2.75, 3.05) is 7.11 Å². The van der Waals surface area contributed by atoms with Crippen LogP contribution in [0.5, 0.6) is 5.75 Å². The van der Waals surface area contributed by atoms with Crippen molar-refractivity contribution in [3.8, 4) is 5.75 Å². The third kappa shape index (κ3) is 5.41. The number of aliphatic carboxylic acids is 1. The Morgan fingerprint density at radius 2 is 2.00 bits per heavy atom. The summed E-state index contributed by atoms with van der Waals surface area (Å²) in [5.41, 5.74) is 0.539. The lowest BCUT2D eigenvalue weighted by molar-refractivity contribution is -0.138. The van der Waals surface area contributed by atoms with Gasteiger partial charge in [-0.2, -0.15) is 0 Å². The van der Waals surface area contributed by atoms with E-state index >= 15 is 0 Å². The first kappa shape index (κ1) is 16.9. The van der Waals surface area contributed by atoms with Gasteiger partial charge in [-0.05, 0) is 31.0 Å². The summed E-state index contributed by atoms with van der Waals surface area (Å²) in [5, 5.41) is 11.4. The van der Waals surface area contributed by atoms with Crippen molar-refractivity contribution in [3.05, 3.63) is 29.6 Å². The number of halogens is 1. The highest BCUT2D eigenvalue weighted by atomic mass is 19.1. The van der Waals surface area contributed by atoms with Crippen LogP contribution in [-0.2, 0) is 9.59 Å². The van der Waals surface area contributed by atoms with Crippen LogP contribution < -0.4 is 10.1 Å². The molecule has 0 spiro atoms. The lowest BCUT2D eigenvalue weighted by atomic mass is 10.0. The van der Waals surface area contributed by atoms with E-state index in [1.54, 1.807) is 13.8 Å². The second-order valence-electron chi connectivity index (χ2n) is 5.08. The number of nitrogens with one attached hydrogen (secondary N) is 1. The molecule has 21 heavy (non-hydrogen) atoms. The number of carbonyl (C=O) groups is 2. The van der Waals surface area contributed by atoms with Crippen molar-refractivity contribution in [1.82, 2.24) is 5.32 Å². The van der Waals surface area contributed by atoms with Gasteiger partial charge in [0.2, 0.25) is 5.91 Å². The summed E-state index contributed by atoms with van der Waals surface area (Å²) in [7, 11) is 1.47. The Kier molecular flexibility index (Phi) is 6.14. The van der Waals surface area contributed by atoms with E-state index in [4.69, 9.17) is 9.84 Å². The molecule has 0 aliphatic carbocycles. The lowest BCUT2D eigenvalue weighted by Crippen LogP contribution is -2.28. The Morgan fingerprint density at radius 1 is 1.33 bits per heavy atom. The van der Waals surface area contributed by atoms with E-state index in [9.17, 15) is 14.0 Å². The SMILES string of the molecule is COc1ccc(F)cc1C(C)NC(=O)CC(C)CC(=O)O. The summed E-state index contributed by atoms with van der Waals surface area (Å²) in [6.45, 7) is 3.41. The summed E-state index contributed by atoms with van der Waals surface area (Å²) in [4.78, 5) is 22.4. The van der Waals surface area contributed by atoms with E-state index in [0.29, 0.717) is 11.3 Å². The monoisotopic (exact) mass is 297 g/mol. The minimum absolute atomic E-state index is 0.0644. The zero-order valence-corrected chi connectivity index (χ0v) is 12.4. The van der Waals surface area contributed by atoms with Crippen LogP contribution in [-0.4, -0.2) is 24.1 Å². The van der Waals surface area contributed by atoms with Crippen molar-refractivity contribution >= 4 is 11.9 Å². The molecule has 2 unspecified atom stereocenters. The zero-order chi connectivity index (χ0) is 16.0. The predicted octanol–water partition coefficient (Wildman–Crippen LogP) is 2.51. The third-order valence-electron chi connectivity index (χ3n) is 3.09. The second kappa shape index (κ2) is 7.61. The van der Waals surface area contributed by atoms with Crippen molar-refractivity contribution in [2.24, 2.45) is 5.92 Å². The molecule has 0 bridgehead atoms. The number of hydrogen-bond acceptors (Lipinski definition) is 3. The highest BCUT2D eigenvalue weighted by Gasteiger charge is 2.17. The average Bonchev–Trinajstić information content (AvgIpc) is 2.37. The van der Waals surface area contributed by atoms with E-state index < -0.39 is 17.8 Å². The van der Waals surface area contributed by atoms with E-state index in [2.05, 4.69) is 5.32 Å². The Balaban J connectivity index is 2.68. The van der Waals surface area contributed by atoms with E-state index in [1.165, 1.54) is 25.3 Å². The number of hydrogen-bond donors (Lipinski definition) is 2. The molecule has 6 heteroatoms. The van der Waals surface area contributed by atoms with Gasteiger partial charge < -0.3 is 15.2 Å². The summed E-state index contributed by atoms with van der Waals surface area (Å²) in [5.74, 6) is -1.39. The standard InChI is InChI=1S/C15H20FNO4/c1-9(7-15(19)20)6-14(18)17-10(2)12-8-11(16)4-5-13(12)21-3/h4-5,8-10H,6-7H2,1-3H3,(H,17,18)(H,19,20). The Morgan fingerprint density at radius 3 is 2.57 bits per heavy atom. The van der Waals surface area contributed by atoms with Crippen LogP contribution in [0.1, 0.15) is 38.3 Å². The highest BCUT2D eigenvalue weighted by Crippen LogP contribution is 2.26. The number of methoxy groups -OCH3 is 1. The molecule has 0 fully saturated rings. The van der Waals surface area contributed by atoms with E-state index in [1.807, 2.05) is 0 Å². The maximum Gasteiger partial charge on any atom is 0.303 e. The number of carboxylic acids is 1. The Bertz CT molecular complexity index is 518. The maximum atomic E-state index is 13.3. The van der Waals surface area contributed by atoms with Crippen LogP contribution in [0.3, 0.4) is 0 Å². The minimum Gasteiger partial charge on any atom is -0.496 e. The highest BCUT2D eigenvalue weighted by molar-refractivity contribution is 5.77. The van der Waals surface area contributed by atoms with Gasteiger partial charge in [0.1, 0.15) is 11.6 Å². The van der Waals surface area contributed by atoms with Crippen LogP contribution in [0, 0.1) is 11.7 Å². The molecule has 0 saturated heterocycles. The molecule has 0 heterocycles. The third-order valence-corrected chi connectivity index (χ3v) is 3.09. The zero-order valence-electron chi connectivity index (χ0n) is 12.4. The molecule has 2 N–H and O–H groups in total. The van der Waals surface area contributed by atoms with Gasteiger partial charge >= 0.3 is 5.97 Å². The molecule has 1 aromatic rings. The molecule has 0 saturated carbocycles. The Hall–Kier alpha value is -2.11. The largest absolute Gasteiger partial charge is 0.496 e. The summed E-state index contributed by atoms with van der Waals surface area (Å²) >= 11 is 0. The fourth-order valence-corrected chi connectivity index (χ4v) is 2.11. The molecule has 0 radical (unpaired) electrons. The van der Waals surface area contributed by atoms with Crippen molar-refractivity contribution in [3.63, 3.8) is 0 Å². The molecule has 5 nitrogen and oxygen atoms in total. The quantitative estimate of drug-likeness (QED) is 0.811. The molecule has 1 aromatic carbocycles. The van der Waals surface area contributed by atoms with Gasteiger partial charge in [-0.15, -0.1) is 0 Å². The summed E-state index contributed by atoms with van der Waals surface area (Å²) in [6.07, 6.45) is 0.0410. The van der Waals surface area contributed by atoms with Gasteiger partial charge in [-0.1, -0.05) is 6.92 Å². The fourth-order valence-electron chi connectivity index (χ4n) is 2.11. The van der Waals surface area contributed by atoms with Crippen LogP contribution in [0.15, 0.2) is 18.2 Å². The van der Waals surface area contributed by atoms with Crippen LogP contribution >= 0.6 is 0 Å². The molecule has 0 aliphatic heterocycles. The average molecular weight is 297 g/mol. The van der Waals surface area contributed by atoms with Gasteiger partial charge in [0.15, 0.2) is 0 Å². The molecule has 2 atom stereocenters. The van der Waals surface area contributed by atoms with Gasteiger partial charge in [-0.25, -0.2) is 4.39 Å². The molecule has 1 rings (SSSR count). The van der Waals surface area contributed by atoms with Crippen LogP contribution in [0.2, 0.25) is 0 Å². The van der Waals surface area contributed by atoms with Crippen molar-refractivity contribution in [2.45, 2.75) is 32.7 Å².